The van der Waals surface area contributed by atoms with Crippen LogP contribution in [0.15, 0.2) is 35.4 Å². The van der Waals surface area contributed by atoms with Crippen molar-refractivity contribution in [1.82, 2.24) is 0 Å². The van der Waals surface area contributed by atoms with Crippen molar-refractivity contribution >= 4 is 5.69 Å². The van der Waals surface area contributed by atoms with Crippen LogP contribution in [0.1, 0.15) is 40.0 Å². The average Bonchev–Trinajstić information content (AvgIpc) is 2.49. The van der Waals surface area contributed by atoms with E-state index >= 15 is 0 Å². The second-order valence-corrected chi connectivity index (χ2v) is 6.68. The lowest BCUT2D eigenvalue weighted by Crippen LogP contribution is -2.38. The monoisotopic (exact) mass is 229 g/mol. The predicted octanol–water partition coefficient (Wildman–Crippen LogP) is 4.13. The van der Waals surface area contributed by atoms with E-state index in [4.69, 9.17) is 5.11 Å². The Morgan fingerprint density at radius 3 is 2.53 bits per heavy atom. The van der Waals surface area contributed by atoms with Gasteiger partial charge in [-0.25, -0.2) is 0 Å². The quantitative estimate of drug-likeness (QED) is 0.643. The van der Waals surface area contributed by atoms with E-state index in [1.165, 1.54) is 24.9 Å². The number of benzene rings is 1. The first kappa shape index (κ1) is 10.9. The number of hydrogen-bond donors (Lipinski definition) is 0. The lowest BCUT2D eigenvalue weighted by molar-refractivity contribution is -0.539. The molecule has 1 saturated carbocycles. The highest BCUT2D eigenvalue weighted by Gasteiger charge is 2.53. The molecule has 2 aliphatic rings. The summed E-state index contributed by atoms with van der Waals surface area (Å²) in [5.74, 6) is 0. The lowest BCUT2D eigenvalue weighted by atomic mass is 9.68. The zero-order valence-corrected chi connectivity index (χ0v) is 11.0. The first-order chi connectivity index (χ1) is 7.98. The first-order valence-electron chi connectivity index (χ1n) is 6.55. The fourth-order valence-electron chi connectivity index (χ4n) is 3.83. The molecule has 1 aromatic rings. The Hall–Kier alpha value is -1.18. The van der Waals surface area contributed by atoms with Crippen molar-refractivity contribution < 1.29 is 4.70 Å². The lowest BCUT2D eigenvalue weighted by Gasteiger charge is -2.34. The van der Waals surface area contributed by atoms with Crippen LogP contribution in [0, 0.1) is 5.41 Å². The molecule has 1 aliphatic carbocycles. The van der Waals surface area contributed by atoms with Crippen molar-refractivity contribution in [2.24, 2.45) is 10.5 Å². The van der Waals surface area contributed by atoms with E-state index in [0.717, 1.165) is 0 Å². The molecule has 1 heterocycles. The van der Waals surface area contributed by atoms with Crippen LogP contribution in [-0.4, -0.2) is 16.3 Å². The van der Waals surface area contributed by atoms with E-state index in [1.807, 2.05) is 0 Å². The van der Waals surface area contributed by atoms with Crippen molar-refractivity contribution in [3.63, 3.8) is 0 Å². The second-order valence-electron chi connectivity index (χ2n) is 6.68. The van der Waals surface area contributed by atoms with Crippen LogP contribution in [-0.2, 0) is 0 Å². The highest BCUT2D eigenvalue weighted by molar-refractivity contribution is 5.28. The SMILES string of the molecule is CC1(C)C[C@@H]2C[C@](C)(C1)N=[N+]2c1ccccc1. The predicted molar refractivity (Wildman–Crippen MR) is 68.6 cm³/mol. The van der Waals surface area contributed by atoms with Gasteiger partial charge in [0.1, 0.15) is 5.54 Å². The fraction of sp³-hybridized carbons (Fsp3) is 0.600. The van der Waals surface area contributed by atoms with Gasteiger partial charge in [-0.15, -0.1) is 0 Å². The molecule has 2 heteroatoms. The summed E-state index contributed by atoms with van der Waals surface area (Å²) in [6.07, 6.45) is 3.67. The minimum Gasteiger partial charge on any atom is -0.0858 e. The molecular formula is C15H21N2+. The molecule has 1 aromatic carbocycles. The van der Waals surface area contributed by atoms with Gasteiger partial charge in [0.15, 0.2) is 6.04 Å². The molecule has 0 unspecified atom stereocenters. The van der Waals surface area contributed by atoms with Gasteiger partial charge in [-0.2, -0.15) is 0 Å². The summed E-state index contributed by atoms with van der Waals surface area (Å²) >= 11 is 0. The minimum atomic E-state index is 0.155. The summed E-state index contributed by atoms with van der Waals surface area (Å²) < 4.78 is 2.27. The van der Waals surface area contributed by atoms with Crippen molar-refractivity contribution in [3.05, 3.63) is 30.3 Å². The van der Waals surface area contributed by atoms with Crippen LogP contribution in [0.4, 0.5) is 5.69 Å². The van der Waals surface area contributed by atoms with E-state index in [9.17, 15) is 0 Å². The Labute approximate surface area is 103 Å². The Balaban J connectivity index is 1.99. The van der Waals surface area contributed by atoms with Crippen molar-refractivity contribution in [1.29, 1.82) is 0 Å². The molecule has 90 valence electrons. The molecule has 0 saturated heterocycles. The summed E-state index contributed by atoms with van der Waals surface area (Å²) in [6.45, 7) is 7.06. The molecular weight excluding hydrogens is 208 g/mol. The topological polar surface area (TPSA) is 15.4 Å². The van der Waals surface area contributed by atoms with E-state index in [1.54, 1.807) is 0 Å². The van der Waals surface area contributed by atoms with Gasteiger partial charge in [0.05, 0.1) is 0 Å². The normalized spacial score (nSPS) is 34.5. The van der Waals surface area contributed by atoms with Crippen molar-refractivity contribution in [2.45, 2.75) is 51.6 Å². The third-order valence-electron chi connectivity index (χ3n) is 4.04. The van der Waals surface area contributed by atoms with Crippen molar-refractivity contribution in [2.75, 3.05) is 0 Å². The number of azo groups is 2. The van der Waals surface area contributed by atoms with Gasteiger partial charge in [0.2, 0.25) is 5.69 Å². The highest BCUT2D eigenvalue weighted by atomic mass is 15.4. The zero-order chi connectivity index (χ0) is 12.1. The maximum Gasteiger partial charge on any atom is 0.231 e. The molecule has 0 aromatic heterocycles. The molecule has 2 nitrogen and oxygen atoms in total. The van der Waals surface area contributed by atoms with Gasteiger partial charge < -0.3 is 0 Å². The largest absolute Gasteiger partial charge is 0.231 e. The molecule has 0 radical (unpaired) electrons. The van der Waals surface area contributed by atoms with E-state index in [2.05, 4.69) is 55.8 Å². The Bertz CT molecular complexity index is 461. The molecule has 3 rings (SSSR count). The minimum absolute atomic E-state index is 0.155. The van der Waals surface area contributed by atoms with Gasteiger partial charge in [-0.3, -0.25) is 0 Å². The molecule has 1 aliphatic heterocycles. The number of fused-ring (bicyclic) bond motifs is 2. The Morgan fingerprint density at radius 1 is 1.12 bits per heavy atom. The number of nitrogens with zero attached hydrogens (tertiary/aromatic N) is 2. The smallest absolute Gasteiger partial charge is 0.0858 e. The van der Waals surface area contributed by atoms with E-state index in [-0.39, 0.29) is 5.54 Å². The maximum absolute atomic E-state index is 4.98. The van der Waals surface area contributed by atoms with Gasteiger partial charge in [-0.05, 0) is 23.9 Å². The summed E-state index contributed by atoms with van der Waals surface area (Å²) in [5.41, 5.74) is 1.83. The molecule has 17 heavy (non-hydrogen) atoms. The van der Waals surface area contributed by atoms with Gasteiger partial charge in [-0.1, -0.05) is 36.7 Å². The van der Waals surface area contributed by atoms with E-state index in [0.29, 0.717) is 11.5 Å². The standard InChI is InChI=1S/C15H21N2/c1-14(2)9-13-10-15(3,11-14)16-17(13)12-7-5-4-6-8-12/h4-8,13H,9-11H2,1-3H3/q+1/t13-,15-/m1/s1. The van der Waals surface area contributed by atoms with Crippen LogP contribution in [0.25, 0.3) is 0 Å². The highest BCUT2D eigenvalue weighted by Crippen LogP contribution is 2.49. The summed E-state index contributed by atoms with van der Waals surface area (Å²) in [6, 6.07) is 11.2. The average molecular weight is 229 g/mol. The third-order valence-corrected chi connectivity index (χ3v) is 4.04. The molecule has 1 fully saturated rings. The molecule has 2 bridgehead atoms. The fourth-order valence-corrected chi connectivity index (χ4v) is 3.83. The van der Waals surface area contributed by atoms with Gasteiger partial charge in [0, 0.05) is 25.0 Å². The Kier molecular flexibility index (Phi) is 2.19. The van der Waals surface area contributed by atoms with Gasteiger partial charge >= 0.3 is 0 Å². The molecule has 0 amide bonds. The van der Waals surface area contributed by atoms with Crippen molar-refractivity contribution in [3.8, 4) is 0 Å². The molecule has 2 atom stereocenters. The number of hydrogen-bond acceptors (Lipinski definition) is 1. The van der Waals surface area contributed by atoms with Crippen LogP contribution < -0.4 is 0 Å². The molecule has 0 N–H and O–H groups in total. The first-order valence-corrected chi connectivity index (χ1v) is 6.55. The molecule has 0 spiro atoms. The summed E-state index contributed by atoms with van der Waals surface area (Å²) in [4.78, 5) is 0. The van der Waals surface area contributed by atoms with E-state index < -0.39 is 0 Å². The summed E-state index contributed by atoms with van der Waals surface area (Å²) in [5, 5.41) is 4.98. The zero-order valence-electron chi connectivity index (χ0n) is 11.0. The third kappa shape index (κ3) is 1.90. The van der Waals surface area contributed by atoms with Crippen LogP contribution in [0.3, 0.4) is 0 Å². The number of rotatable bonds is 1. The van der Waals surface area contributed by atoms with Crippen LogP contribution >= 0.6 is 0 Å². The maximum atomic E-state index is 4.98. The second kappa shape index (κ2) is 3.41. The number of para-hydroxylation sites is 1. The Morgan fingerprint density at radius 2 is 1.82 bits per heavy atom. The van der Waals surface area contributed by atoms with Crippen LogP contribution in [0.5, 0.6) is 0 Å². The van der Waals surface area contributed by atoms with Crippen LogP contribution in [0.2, 0.25) is 0 Å². The summed E-state index contributed by atoms with van der Waals surface area (Å²) in [7, 11) is 0. The van der Waals surface area contributed by atoms with Gasteiger partial charge in [0.25, 0.3) is 0 Å².